The zero-order valence-electron chi connectivity index (χ0n) is 16.1. The molecule has 3 heteroatoms. The third kappa shape index (κ3) is 4.31. The summed E-state index contributed by atoms with van der Waals surface area (Å²) in [5.41, 5.74) is 1.50. The number of amides is 1. The normalized spacial score (nSPS) is 26.3. The van der Waals surface area contributed by atoms with Gasteiger partial charge in [0, 0.05) is 25.6 Å². The average molecular weight is 355 g/mol. The molecule has 0 N–H and O–H groups in total. The average Bonchev–Trinajstić information content (AvgIpc) is 3.20. The van der Waals surface area contributed by atoms with Gasteiger partial charge >= 0.3 is 0 Å². The van der Waals surface area contributed by atoms with E-state index >= 15 is 0 Å². The van der Waals surface area contributed by atoms with Crippen LogP contribution in [0, 0.1) is 5.92 Å². The van der Waals surface area contributed by atoms with Crippen LogP contribution in [0.3, 0.4) is 0 Å². The van der Waals surface area contributed by atoms with Crippen LogP contribution in [0.25, 0.3) is 0 Å². The van der Waals surface area contributed by atoms with Gasteiger partial charge in [-0.2, -0.15) is 0 Å². The fourth-order valence-electron chi connectivity index (χ4n) is 5.36. The van der Waals surface area contributed by atoms with Gasteiger partial charge in [0.15, 0.2) is 0 Å². The summed E-state index contributed by atoms with van der Waals surface area (Å²) in [5, 5.41) is 0. The maximum atomic E-state index is 12.7. The fourth-order valence-corrected chi connectivity index (χ4v) is 5.36. The molecule has 0 aromatic heterocycles. The molecule has 1 aromatic rings. The van der Waals surface area contributed by atoms with Gasteiger partial charge in [-0.05, 0) is 62.6 Å². The molecule has 3 fully saturated rings. The molecular formula is C23H34N2O. The first kappa shape index (κ1) is 18.0. The molecule has 2 heterocycles. The van der Waals surface area contributed by atoms with Crippen LogP contribution in [0.4, 0.5) is 0 Å². The van der Waals surface area contributed by atoms with Gasteiger partial charge in [0.2, 0.25) is 5.91 Å². The highest BCUT2D eigenvalue weighted by Crippen LogP contribution is 2.31. The molecule has 26 heavy (non-hydrogen) atoms. The van der Waals surface area contributed by atoms with Crippen molar-refractivity contribution >= 4 is 5.91 Å². The van der Waals surface area contributed by atoms with E-state index in [-0.39, 0.29) is 0 Å². The lowest BCUT2D eigenvalue weighted by molar-refractivity contribution is -0.131. The lowest BCUT2D eigenvalue weighted by atomic mass is 9.87. The molecule has 1 saturated carbocycles. The molecule has 3 aliphatic rings. The van der Waals surface area contributed by atoms with Crippen molar-refractivity contribution in [2.75, 3.05) is 26.2 Å². The maximum absolute atomic E-state index is 12.7. The minimum absolute atomic E-state index is 0.429. The molecule has 0 bridgehead atoms. The van der Waals surface area contributed by atoms with Gasteiger partial charge in [-0.1, -0.05) is 49.6 Å². The molecule has 3 nitrogen and oxygen atoms in total. The standard InChI is InChI=1S/C23H34N2O/c26-23(17-19-7-3-1-4-8-19)25-16-13-22(18-25)24-14-11-21(12-15-24)20-9-5-2-6-10-20/h2,5-6,9-10,19,21-22H,1,3-4,7-8,11-18H2. The number of rotatable bonds is 4. The Morgan fingerprint density at radius 1 is 0.885 bits per heavy atom. The number of benzene rings is 1. The zero-order chi connectivity index (χ0) is 17.8. The first-order valence-corrected chi connectivity index (χ1v) is 10.9. The van der Waals surface area contributed by atoms with E-state index in [2.05, 4.69) is 40.1 Å². The Labute approximate surface area is 158 Å². The summed E-state index contributed by atoms with van der Waals surface area (Å²) in [5.74, 6) is 1.81. The Morgan fingerprint density at radius 2 is 1.62 bits per heavy atom. The summed E-state index contributed by atoms with van der Waals surface area (Å²) >= 11 is 0. The number of carbonyl (C=O) groups excluding carboxylic acids is 1. The Morgan fingerprint density at radius 3 is 2.35 bits per heavy atom. The van der Waals surface area contributed by atoms with Gasteiger partial charge in [0.25, 0.3) is 0 Å². The van der Waals surface area contributed by atoms with Crippen LogP contribution >= 0.6 is 0 Å². The lowest BCUT2D eigenvalue weighted by Crippen LogP contribution is -2.43. The number of piperidine rings is 1. The summed E-state index contributed by atoms with van der Waals surface area (Å²) in [6.45, 7) is 4.33. The zero-order valence-corrected chi connectivity index (χ0v) is 16.1. The number of carbonyl (C=O) groups is 1. The summed E-state index contributed by atoms with van der Waals surface area (Å²) in [4.78, 5) is 17.5. The van der Waals surface area contributed by atoms with Crippen LogP contribution in [-0.2, 0) is 4.79 Å². The van der Waals surface area contributed by atoms with E-state index in [0.717, 1.165) is 25.4 Å². The van der Waals surface area contributed by atoms with Crippen LogP contribution in [-0.4, -0.2) is 47.9 Å². The Balaban J connectivity index is 1.23. The highest BCUT2D eigenvalue weighted by Gasteiger charge is 2.33. The molecule has 2 aliphatic heterocycles. The van der Waals surface area contributed by atoms with Gasteiger partial charge in [0.05, 0.1) is 0 Å². The lowest BCUT2D eigenvalue weighted by Gasteiger charge is -2.36. The number of likely N-dealkylation sites (tertiary alicyclic amines) is 2. The van der Waals surface area contributed by atoms with Crippen molar-refractivity contribution in [3.05, 3.63) is 35.9 Å². The van der Waals surface area contributed by atoms with Gasteiger partial charge in [0.1, 0.15) is 0 Å². The second-order valence-electron chi connectivity index (χ2n) is 8.71. The molecule has 1 aliphatic carbocycles. The van der Waals surface area contributed by atoms with Crippen molar-refractivity contribution < 1.29 is 4.79 Å². The largest absolute Gasteiger partial charge is 0.341 e. The van der Waals surface area contributed by atoms with Gasteiger partial charge in [-0.15, -0.1) is 0 Å². The molecule has 1 amide bonds. The van der Waals surface area contributed by atoms with E-state index in [0.29, 0.717) is 17.9 Å². The molecule has 1 aromatic carbocycles. The number of hydrogen-bond donors (Lipinski definition) is 0. The van der Waals surface area contributed by atoms with E-state index in [1.165, 1.54) is 70.0 Å². The predicted molar refractivity (Wildman–Crippen MR) is 106 cm³/mol. The first-order chi connectivity index (χ1) is 12.8. The number of nitrogens with zero attached hydrogens (tertiary/aromatic N) is 2. The maximum Gasteiger partial charge on any atom is 0.222 e. The predicted octanol–water partition coefficient (Wildman–Crippen LogP) is 4.44. The van der Waals surface area contributed by atoms with E-state index < -0.39 is 0 Å². The molecule has 0 spiro atoms. The first-order valence-electron chi connectivity index (χ1n) is 10.9. The molecule has 4 rings (SSSR count). The van der Waals surface area contributed by atoms with Gasteiger partial charge in [-0.3, -0.25) is 9.69 Å². The quantitative estimate of drug-likeness (QED) is 0.798. The van der Waals surface area contributed by atoms with Crippen LogP contribution < -0.4 is 0 Å². The Bertz CT molecular complexity index is 573. The molecule has 1 unspecified atom stereocenters. The van der Waals surface area contributed by atoms with E-state index in [9.17, 15) is 4.79 Å². The van der Waals surface area contributed by atoms with E-state index in [1.54, 1.807) is 0 Å². The Kier molecular flexibility index (Phi) is 5.94. The third-order valence-corrected chi connectivity index (χ3v) is 7.02. The van der Waals surface area contributed by atoms with Crippen molar-refractivity contribution in [3.63, 3.8) is 0 Å². The topological polar surface area (TPSA) is 23.6 Å². The van der Waals surface area contributed by atoms with Gasteiger partial charge < -0.3 is 4.90 Å². The van der Waals surface area contributed by atoms with Gasteiger partial charge in [-0.25, -0.2) is 0 Å². The molecule has 142 valence electrons. The number of hydrogen-bond acceptors (Lipinski definition) is 2. The van der Waals surface area contributed by atoms with Crippen molar-refractivity contribution in [3.8, 4) is 0 Å². The minimum Gasteiger partial charge on any atom is -0.341 e. The highest BCUT2D eigenvalue weighted by molar-refractivity contribution is 5.76. The molecule has 2 saturated heterocycles. The summed E-state index contributed by atoms with van der Waals surface area (Å²) in [6, 6.07) is 11.6. The Hall–Kier alpha value is -1.35. The van der Waals surface area contributed by atoms with Crippen LogP contribution in [0.2, 0.25) is 0 Å². The summed E-state index contributed by atoms with van der Waals surface area (Å²) < 4.78 is 0. The van der Waals surface area contributed by atoms with Crippen molar-refractivity contribution in [2.24, 2.45) is 5.92 Å². The second-order valence-corrected chi connectivity index (χ2v) is 8.71. The fraction of sp³-hybridized carbons (Fsp3) is 0.696. The van der Waals surface area contributed by atoms with Crippen molar-refractivity contribution in [1.29, 1.82) is 0 Å². The summed E-state index contributed by atoms with van der Waals surface area (Å²) in [6.07, 6.45) is 11.1. The van der Waals surface area contributed by atoms with E-state index in [1.807, 2.05) is 0 Å². The van der Waals surface area contributed by atoms with Crippen molar-refractivity contribution in [1.82, 2.24) is 9.80 Å². The van der Waals surface area contributed by atoms with Crippen LogP contribution in [0.1, 0.15) is 69.3 Å². The van der Waals surface area contributed by atoms with Crippen LogP contribution in [0.5, 0.6) is 0 Å². The second kappa shape index (κ2) is 8.56. The molecule has 1 atom stereocenters. The SMILES string of the molecule is O=C(CC1CCCCC1)N1CCC(N2CCC(c3ccccc3)CC2)C1. The third-order valence-electron chi connectivity index (χ3n) is 7.02. The minimum atomic E-state index is 0.429. The monoisotopic (exact) mass is 354 g/mol. The molecular weight excluding hydrogens is 320 g/mol. The van der Waals surface area contributed by atoms with E-state index in [4.69, 9.17) is 0 Å². The summed E-state index contributed by atoms with van der Waals surface area (Å²) in [7, 11) is 0. The molecule has 0 radical (unpaired) electrons. The highest BCUT2D eigenvalue weighted by atomic mass is 16.2. The smallest absolute Gasteiger partial charge is 0.222 e. The van der Waals surface area contributed by atoms with Crippen molar-refractivity contribution in [2.45, 2.75) is 69.7 Å². The van der Waals surface area contributed by atoms with Crippen LogP contribution in [0.15, 0.2) is 30.3 Å².